The van der Waals surface area contributed by atoms with E-state index in [9.17, 15) is 0 Å². The monoisotopic (exact) mass is 313 g/mol. The Labute approximate surface area is 139 Å². The van der Waals surface area contributed by atoms with Crippen LogP contribution in [0.2, 0.25) is 0 Å². The second kappa shape index (κ2) is 9.33. The highest BCUT2D eigenvalue weighted by atomic mass is 16.5. The molecule has 23 heavy (non-hydrogen) atoms. The lowest BCUT2D eigenvalue weighted by atomic mass is 10.0. The van der Waals surface area contributed by atoms with Crippen LogP contribution in [0.1, 0.15) is 38.3 Å². The minimum Gasteiger partial charge on any atom is -0.457 e. The molecule has 2 aromatic rings. The average molecular weight is 313 g/mol. The first-order valence-electron chi connectivity index (χ1n) is 8.32. The van der Waals surface area contributed by atoms with Crippen molar-refractivity contribution in [3.8, 4) is 11.5 Å². The lowest BCUT2D eigenvalue weighted by Crippen LogP contribution is -2.29. The second-order valence-electron chi connectivity index (χ2n) is 5.78. The number of benzene rings is 2. The molecule has 0 heterocycles. The molecule has 2 rings (SSSR count). The Bertz CT molecular complexity index is 554. The topological polar surface area (TPSA) is 30.5 Å². The summed E-state index contributed by atoms with van der Waals surface area (Å²) in [4.78, 5) is 0. The summed E-state index contributed by atoms with van der Waals surface area (Å²) in [6.45, 7) is 5.14. The molecule has 1 N–H and O–H groups in total. The van der Waals surface area contributed by atoms with Gasteiger partial charge >= 0.3 is 0 Å². The SMILES string of the molecule is CCCC(NCC(C)OC)c1ccc(Oc2ccccc2)cc1. The zero-order chi connectivity index (χ0) is 16.5. The Kier molecular flexibility index (Phi) is 7.11. The predicted octanol–water partition coefficient (Wildman–Crippen LogP) is 4.94. The van der Waals surface area contributed by atoms with Gasteiger partial charge in [-0.2, -0.15) is 0 Å². The van der Waals surface area contributed by atoms with Gasteiger partial charge in [0.1, 0.15) is 11.5 Å². The molecular weight excluding hydrogens is 286 g/mol. The molecule has 0 bridgehead atoms. The zero-order valence-electron chi connectivity index (χ0n) is 14.3. The average Bonchev–Trinajstić information content (AvgIpc) is 2.60. The van der Waals surface area contributed by atoms with Crippen molar-refractivity contribution in [1.82, 2.24) is 5.32 Å². The number of methoxy groups -OCH3 is 1. The second-order valence-corrected chi connectivity index (χ2v) is 5.78. The number of para-hydroxylation sites is 1. The van der Waals surface area contributed by atoms with E-state index in [1.165, 1.54) is 5.56 Å². The number of hydrogen-bond acceptors (Lipinski definition) is 3. The van der Waals surface area contributed by atoms with E-state index >= 15 is 0 Å². The van der Waals surface area contributed by atoms with E-state index in [0.717, 1.165) is 30.9 Å². The van der Waals surface area contributed by atoms with Gasteiger partial charge in [0.05, 0.1) is 6.10 Å². The van der Waals surface area contributed by atoms with Gasteiger partial charge in [0.25, 0.3) is 0 Å². The van der Waals surface area contributed by atoms with Crippen LogP contribution in [0.3, 0.4) is 0 Å². The lowest BCUT2D eigenvalue weighted by Gasteiger charge is -2.21. The van der Waals surface area contributed by atoms with Crippen molar-refractivity contribution in [2.24, 2.45) is 0 Å². The van der Waals surface area contributed by atoms with Crippen molar-refractivity contribution < 1.29 is 9.47 Å². The van der Waals surface area contributed by atoms with Crippen LogP contribution in [0.15, 0.2) is 54.6 Å². The fourth-order valence-electron chi connectivity index (χ4n) is 2.46. The van der Waals surface area contributed by atoms with Crippen molar-refractivity contribution in [2.75, 3.05) is 13.7 Å². The smallest absolute Gasteiger partial charge is 0.127 e. The van der Waals surface area contributed by atoms with Gasteiger partial charge in [-0.1, -0.05) is 43.7 Å². The van der Waals surface area contributed by atoms with Gasteiger partial charge < -0.3 is 14.8 Å². The zero-order valence-corrected chi connectivity index (χ0v) is 14.3. The summed E-state index contributed by atoms with van der Waals surface area (Å²) < 4.78 is 11.2. The van der Waals surface area contributed by atoms with Gasteiger partial charge in [-0.25, -0.2) is 0 Å². The maximum Gasteiger partial charge on any atom is 0.127 e. The summed E-state index contributed by atoms with van der Waals surface area (Å²) in [5.41, 5.74) is 1.29. The maximum atomic E-state index is 5.85. The molecule has 2 atom stereocenters. The van der Waals surface area contributed by atoms with Crippen LogP contribution in [-0.4, -0.2) is 19.8 Å². The summed E-state index contributed by atoms with van der Waals surface area (Å²) >= 11 is 0. The molecule has 3 nitrogen and oxygen atoms in total. The molecule has 0 aliphatic rings. The van der Waals surface area contributed by atoms with E-state index in [4.69, 9.17) is 9.47 Å². The van der Waals surface area contributed by atoms with Crippen molar-refractivity contribution >= 4 is 0 Å². The Morgan fingerprint density at radius 1 is 0.957 bits per heavy atom. The van der Waals surface area contributed by atoms with Gasteiger partial charge in [-0.15, -0.1) is 0 Å². The predicted molar refractivity (Wildman–Crippen MR) is 95.1 cm³/mol. The molecular formula is C20H27NO2. The largest absolute Gasteiger partial charge is 0.457 e. The molecule has 2 unspecified atom stereocenters. The van der Waals surface area contributed by atoms with E-state index in [1.54, 1.807) is 7.11 Å². The highest BCUT2D eigenvalue weighted by Crippen LogP contribution is 2.25. The van der Waals surface area contributed by atoms with E-state index in [-0.39, 0.29) is 6.10 Å². The third-order valence-corrected chi connectivity index (χ3v) is 3.89. The maximum absolute atomic E-state index is 5.85. The van der Waals surface area contributed by atoms with Crippen LogP contribution in [0.5, 0.6) is 11.5 Å². The van der Waals surface area contributed by atoms with Crippen molar-refractivity contribution in [1.29, 1.82) is 0 Å². The molecule has 0 aliphatic heterocycles. The van der Waals surface area contributed by atoms with Crippen molar-refractivity contribution in [3.63, 3.8) is 0 Å². The molecule has 0 amide bonds. The summed E-state index contributed by atoms with van der Waals surface area (Å²) in [6, 6.07) is 18.6. The van der Waals surface area contributed by atoms with Crippen LogP contribution in [-0.2, 0) is 4.74 Å². The normalized spacial score (nSPS) is 13.5. The third kappa shape index (κ3) is 5.70. The fraction of sp³-hybridized carbons (Fsp3) is 0.400. The number of nitrogens with one attached hydrogen (secondary N) is 1. The molecule has 2 aromatic carbocycles. The summed E-state index contributed by atoms with van der Waals surface area (Å²) in [5, 5.41) is 3.59. The third-order valence-electron chi connectivity index (χ3n) is 3.89. The van der Waals surface area contributed by atoms with E-state index in [0.29, 0.717) is 6.04 Å². The van der Waals surface area contributed by atoms with Crippen LogP contribution in [0.25, 0.3) is 0 Å². The highest BCUT2D eigenvalue weighted by Gasteiger charge is 2.11. The summed E-state index contributed by atoms with van der Waals surface area (Å²) in [7, 11) is 1.75. The summed E-state index contributed by atoms with van der Waals surface area (Å²) in [5.74, 6) is 1.72. The lowest BCUT2D eigenvalue weighted by molar-refractivity contribution is 0.114. The first-order chi connectivity index (χ1) is 11.2. The molecule has 0 aromatic heterocycles. The quantitative estimate of drug-likeness (QED) is 0.711. The summed E-state index contributed by atoms with van der Waals surface area (Å²) in [6.07, 6.45) is 2.46. The molecule has 3 heteroatoms. The first kappa shape index (κ1) is 17.5. The van der Waals surface area contributed by atoms with Crippen LogP contribution in [0, 0.1) is 0 Å². The Morgan fingerprint density at radius 2 is 1.61 bits per heavy atom. The number of rotatable bonds is 9. The standard InChI is InChI=1S/C20H27NO2/c1-4-8-20(21-15-16(2)22-3)17-11-13-19(14-12-17)23-18-9-6-5-7-10-18/h5-7,9-14,16,20-21H,4,8,15H2,1-3H3. The van der Waals surface area contributed by atoms with E-state index < -0.39 is 0 Å². The Balaban J connectivity index is 2.00. The molecule has 0 radical (unpaired) electrons. The molecule has 0 saturated carbocycles. The highest BCUT2D eigenvalue weighted by molar-refractivity contribution is 5.33. The molecule has 0 spiro atoms. The molecule has 0 fully saturated rings. The van der Waals surface area contributed by atoms with Crippen LogP contribution in [0.4, 0.5) is 0 Å². The van der Waals surface area contributed by atoms with Gasteiger partial charge in [-0.3, -0.25) is 0 Å². The number of ether oxygens (including phenoxy) is 2. The molecule has 124 valence electrons. The van der Waals surface area contributed by atoms with Crippen LogP contribution < -0.4 is 10.1 Å². The van der Waals surface area contributed by atoms with E-state index in [2.05, 4.69) is 31.3 Å². The van der Waals surface area contributed by atoms with Gasteiger partial charge in [0.15, 0.2) is 0 Å². The van der Waals surface area contributed by atoms with E-state index in [1.807, 2.05) is 42.5 Å². The van der Waals surface area contributed by atoms with Gasteiger partial charge in [0, 0.05) is 19.7 Å². The van der Waals surface area contributed by atoms with Crippen molar-refractivity contribution in [2.45, 2.75) is 38.8 Å². The molecule has 0 aliphatic carbocycles. The number of hydrogen-bond donors (Lipinski definition) is 1. The Hall–Kier alpha value is -1.84. The van der Waals surface area contributed by atoms with Crippen molar-refractivity contribution in [3.05, 3.63) is 60.2 Å². The van der Waals surface area contributed by atoms with Gasteiger partial charge in [0.2, 0.25) is 0 Å². The minimum absolute atomic E-state index is 0.218. The minimum atomic E-state index is 0.218. The molecule has 0 saturated heterocycles. The first-order valence-corrected chi connectivity index (χ1v) is 8.32. The van der Waals surface area contributed by atoms with Gasteiger partial charge in [-0.05, 0) is 43.2 Å². The Morgan fingerprint density at radius 3 is 2.22 bits per heavy atom. The van der Waals surface area contributed by atoms with Crippen LogP contribution >= 0.6 is 0 Å². The fourth-order valence-corrected chi connectivity index (χ4v) is 2.46.